The van der Waals surface area contributed by atoms with Crippen LogP contribution in [0, 0.1) is 0 Å². The lowest BCUT2D eigenvalue weighted by Crippen LogP contribution is -2.32. The van der Waals surface area contributed by atoms with E-state index in [-0.39, 0.29) is 0 Å². The van der Waals surface area contributed by atoms with Crippen LogP contribution in [0.1, 0.15) is 11.1 Å². The number of methoxy groups -OCH3 is 1. The van der Waals surface area contributed by atoms with Gasteiger partial charge in [-0.05, 0) is 41.5 Å². The van der Waals surface area contributed by atoms with Crippen LogP contribution in [-0.2, 0) is 16.2 Å². The lowest BCUT2D eigenvalue weighted by atomic mass is 10.2. The fourth-order valence-electron chi connectivity index (χ4n) is 2.58. The first-order valence-corrected chi connectivity index (χ1v) is 9.68. The molecule has 31 heavy (non-hydrogen) atoms. The van der Waals surface area contributed by atoms with E-state index in [4.69, 9.17) is 21.1 Å². The van der Waals surface area contributed by atoms with Crippen molar-refractivity contribution in [1.82, 2.24) is 5.43 Å². The summed E-state index contributed by atoms with van der Waals surface area (Å²) < 4.78 is 11.2. The second-order valence-corrected chi connectivity index (χ2v) is 6.72. The monoisotopic (exact) mass is 437 g/mol. The molecule has 3 aromatic carbocycles. The maximum atomic E-state index is 11.9. The number of nitrogens with zero attached hydrogens (tertiary/aromatic N) is 1. The van der Waals surface area contributed by atoms with Gasteiger partial charge in [0.15, 0.2) is 11.5 Å². The van der Waals surface area contributed by atoms with Gasteiger partial charge in [0, 0.05) is 0 Å². The van der Waals surface area contributed by atoms with Crippen LogP contribution < -0.4 is 20.2 Å². The second kappa shape index (κ2) is 10.8. The molecule has 7 nitrogen and oxygen atoms in total. The molecule has 0 saturated carbocycles. The van der Waals surface area contributed by atoms with Gasteiger partial charge in [0.1, 0.15) is 6.61 Å². The molecule has 0 spiro atoms. The number of halogens is 1. The molecule has 3 rings (SSSR count). The Hall–Kier alpha value is -3.84. The van der Waals surface area contributed by atoms with E-state index in [1.807, 2.05) is 30.3 Å². The van der Waals surface area contributed by atoms with Gasteiger partial charge < -0.3 is 14.8 Å². The number of nitrogens with one attached hydrogen (secondary N) is 2. The molecule has 0 aromatic heterocycles. The Morgan fingerprint density at radius 1 is 0.968 bits per heavy atom. The van der Waals surface area contributed by atoms with Crippen molar-refractivity contribution in [3.8, 4) is 11.5 Å². The van der Waals surface area contributed by atoms with Gasteiger partial charge in [-0.3, -0.25) is 9.59 Å². The Morgan fingerprint density at radius 3 is 2.45 bits per heavy atom. The Kier molecular flexibility index (Phi) is 7.61. The summed E-state index contributed by atoms with van der Waals surface area (Å²) >= 11 is 5.96. The van der Waals surface area contributed by atoms with Crippen LogP contribution in [0.5, 0.6) is 11.5 Å². The molecule has 0 radical (unpaired) electrons. The Bertz CT molecular complexity index is 1090. The van der Waals surface area contributed by atoms with Gasteiger partial charge in [0.2, 0.25) is 0 Å². The quantitative estimate of drug-likeness (QED) is 0.332. The second-order valence-electron chi connectivity index (χ2n) is 6.32. The number of hydrogen-bond acceptors (Lipinski definition) is 5. The van der Waals surface area contributed by atoms with E-state index in [1.165, 1.54) is 13.3 Å². The zero-order chi connectivity index (χ0) is 22.1. The Morgan fingerprint density at radius 2 is 1.71 bits per heavy atom. The fourth-order valence-corrected chi connectivity index (χ4v) is 2.76. The summed E-state index contributed by atoms with van der Waals surface area (Å²) in [5.74, 6) is -0.715. The maximum Gasteiger partial charge on any atom is 0.329 e. The van der Waals surface area contributed by atoms with Crippen molar-refractivity contribution < 1.29 is 19.1 Å². The number of anilines is 1. The number of ether oxygens (including phenoxy) is 2. The Labute approximate surface area is 184 Å². The number of para-hydroxylation sites is 1. The van der Waals surface area contributed by atoms with E-state index in [2.05, 4.69) is 15.8 Å². The molecule has 0 bridgehead atoms. The summed E-state index contributed by atoms with van der Waals surface area (Å²) in [5.41, 5.74) is 4.19. The fraction of sp³-hybridized carbons (Fsp3) is 0.0870. The highest BCUT2D eigenvalue weighted by atomic mass is 35.5. The third kappa shape index (κ3) is 6.32. The average Bonchev–Trinajstić information content (AvgIpc) is 2.80. The zero-order valence-corrected chi connectivity index (χ0v) is 17.4. The molecule has 2 amide bonds. The topological polar surface area (TPSA) is 89.0 Å². The van der Waals surface area contributed by atoms with Crippen LogP contribution in [0.4, 0.5) is 5.69 Å². The molecule has 8 heteroatoms. The van der Waals surface area contributed by atoms with E-state index in [0.29, 0.717) is 34.4 Å². The van der Waals surface area contributed by atoms with E-state index in [1.54, 1.807) is 42.5 Å². The molecule has 2 N–H and O–H groups in total. The summed E-state index contributed by atoms with van der Waals surface area (Å²) in [7, 11) is 1.53. The summed E-state index contributed by atoms with van der Waals surface area (Å²) in [6, 6.07) is 21.6. The predicted molar refractivity (Wildman–Crippen MR) is 120 cm³/mol. The lowest BCUT2D eigenvalue weighted by molar-refractivity contribution is -0.136. The summed E-state index contributed by atoms with van der Waals surface area (Å²) in [5, 5.41) is 6.56. The van der Waals surface area contributed by atoms with Gasteiger partial charge in [0.25, 0.3) is 0 Å². The lowest BCUT2D eigenvalue weighted by Gasteiger charge is -2.11. The molecule has 0 aliphatic rings. The van der Waals surface area contributed by atoms with Crippen molar-refractivity contribution in [3.63, 3.8) is 0 Å². The van der Waals surface area contributed by atoms with Crippen LogP contribution in [0.25, 0.3) is 0 Å². The van der Waals surface area contributed by atoms with E-state index in [0.717, 1.165) is 5.56 Å². The Balaban J connectivity index is 1.57. The SMILES string of the molecule is COc1cc(/C=N/NC(=O)C(=O)Nc2ccccc2Cl)ccc1OCc1ccccc1. The van der Waals surface area contributed by atoms with Crippen molar-refractivity contribution in [3.05, 3.63) is 88.9 Å². The van der Waals surface area contributed by atoms with Gasteiger partial charge in [0.05, 0.1) is 24.0 Å². The van der Waals surface area contributed by atoms with Gasteiger partial charge in [-0.2, -0.15) is 5.10 Å². The predicted octanol–water partition coefficient (Wildman–Crippen LogP) is 4.02. The summed E-state index contributed by atoms with van der Waals surface area (Å²) in [4.78, 5) is 23.9. The van der Waals surface area contributed by atoms with Crippen LogP contribution in [0.2, 0.25) is 5.02 Å². The number of carbonyl (C=O) groups excluding carboxylic acids is 2. The zero-order valence-electron chi connectivity index (χ0n) is 16.7. The first-order valence-electron chi connectivity index (χ1n) is 9.30. The van der Waals surface area contributed by atoms with Gasteiger partial charge in [-0.25, -0.2) is 5.43 Å². The van der Waals surface area contributed by atoms with Crippen molar-refractivity contribution >= 4 is 35.3 Å². The highest BCUT2D eigenvalue weighted by Gasteiger charge is 2.14. The minimum absolute atomic E-state index is 0.328. The first-order chi connectivity index (χ1) is 15.1. The largest absolute Gasteiger partial charge is 0.493 e. The highest BCUT2D eigenvalue weighted by Crippen LogP contribution is 2.28. The number of hydrogen-bond donors (Lipinski definition) is 2. The molecule has 0 aliphatic heterocycles. The normalized spacial score (nSPS) is 10.5. The molecular formula is C23H20ClN3O4. The first kappa shape index (κ1) is 21.9. The molecular weight excluding hydrogens is 418 g/mol. The van der Waals surface area contributed by atoms with Gasteiger partial charge >= 0.3 is 11.8 Å². The summed E-state index contributed by atoms with van der Waals surface area (Å²) in [6.07, 6.45) is 1.39. The van der Waals surface area contributed by atoms with Gasteiger partial charge in [-0.1, -0.05) is 54.1 Å². The number of benzene rings is 3. The van der Waals surface area contributed by atoms with Gasteiger partial charge in [-0.15, -0.1) is 0 Å². The van der Waals surface area contributed by atoms with Crippen LogP contribution in [0.3, 0.4) is 0 Å². The summed E-state index contributed by atoms with van der Waals surface area (Å²) in [6.45, 7) is 0.404. The van der Waals surface area contributed by atoms with Crippen molar-refractivity contribution in [1.29, 1.82) is 0 Å². The number of carbonyl (C=O) groups is 2. The van der Waals surface area contributed by atoms with E-state index in [9.17, 15) is 9.59 Å². The van der Waals surface area contributed by atoms with Crippen LogP contribution in [-0.4, -0.2) is 25.1 Å². The van der Waals surface area contributed by atoms with Crippen molar-refractivity contribution in [2.75, 3.05) is 12.4 Å². The minimum atomic E-state index is -0.925. The number of rotatable bonds is 7. The smallest absolute Gasteiger partial charge is 0.329 e. The average molecular weight is 438 g/mol. The third-order valence-corrected chi connectivity index (χ3v) is 4.46. The molecule has 0 aliphatic carbocycles. The highest BCUT2D eigenvalue weighted by molar-refractivity contribution is 6.41. The maximum absolute atomic E-state index is 11.9. The number of hydrazone groups is 1. The molecule has 0 saturated heterocycles. The third-order valence-electron chi connectivity index (χ3n) is 4.13. The van der Waals surface area contributed by atoms with Crippen molar-refractivity contribution in [2.45, 2.75) is 6.61 Å². The van der Waals surface area contributed by atoms with Crippen molar-refractivity contribution in [2.24, 2.45) is 5.10 Å². The van der Waals surface area contributed by atoms with Crippen LogP contribution >= 0.6 is 11.6 Å². The standard InChI is InChI=1S/C23H20ClN3O4/c1-30-21-13-17(11-12-20(21)31-15-16-7-3-2-4-8-16)14-25-27-23(29)22(28)26-19-10-6-5-9-18(19)24/h2-14H,15H2,1H3,(H,26,28)(H,27,29)/b25-14+. The molecule has 0 atom stereocenters. The van der Waals surface area contributed by atoms with E-state index >= 15 is 0 Å². The molecule has 0 heterocycles. The molecule has 158 valence electrons. The molecule has 0 unspecified atom stereocenters. The molecule has 0 fully saturated rings. The van der Waals surface area contributed by atoms with Crippen LogP contribution in [0.15, 0.2) is 77.9 Å². The number of amides is 2. The minimum Gasteiger partial charge on any atom is -0.493 e. The van der Waals surface area contributed by atoms with E-state index < -0.39 is 11.8 Å². The molecule has 3 aromatic rings.